The van der Waals surface area contributed by atoms with E-state index in [2.05, 4.69) is 35.0 Å². The zero-order chi connectivity index (χ0) is 18.4. The quantitative estimate of drug-likeness (QED) is 0.708. The number of carbonyl (C=O) groups excluding carboxylic acids is 2. The fraction of sp³-hybridized carbons (Fsp3) is 0.333. The highest BCUT2D eigenvalue weighted by Gasteiger charge is 2.23. The second-order valence-corrected chi connectivity index (χ2v) is 6.68. The summed E-state index contributed by atoms with van der Waals surface area (Å²) < 4.78 is 0. The highest BCUT2D eigenvalue weighted by Crippen LogP contribution is 2.20. The second-order valence-electron chi connectivity index (χ2n) is 6.68. The van der Waals surface area contributed by atoms with Gasteiger partial charge in [0, 0.05) is 29.8 Å². The van der Waals surface area contributed by atoms with E-state index in [1.54, 1.807) is 24.3 Å². The summed E-state index contributed by atoms with van der Waals surface area (Å²) in [6.07, 6.45) is 3.03. The molecule has 136 valence electrons. The predicted molar refractivity (Wildman–Crippen MR) is 103 cm³/mol. The summed E-state index contributed by atoms with van der Waals surface area (Å²) in [7, 11) is 0. The van der Waals surface area contributed by atoms with Gasteiger partial charge in [0.05, 0.1) is 0 Å². The van der Waals surface area contributed by atoms with Crippen LogP contribution in [0.25, 0.3) is 0 Å². The lowest BCUT2D eigenvalue weighted by Crippen LogP contribution is -2.31. The molecule has 0 heterocycles. The molecular formula is C21H25N3O2. The highest BCUT2D eigenvalue weighted by atomic mass is 16.2. The average Bonchev–Trinajstić information content (AvgIpc) is 3.47. The van der Waals surface area contributed by atoms with Gasteiger partial charge in [0.25, 0.3) is 5.91 Å². The van der Waals surface area contributed by atoms with Crippen molar-refractivity contribution in [2.45, 2.75) is 38.1 Å². The Morgan fingerprint density at radius 2 is 1.85 bits per heavy atom. The van der Waals surface area contributed by atoms with Crippen molar-refractivity contribution in [1.82, 2.24) is 10.6 Å². The number of benzene rings is 2. The van der Waals surface area contributed by atoms with Crippen molar-refractivity contribution in [3.63, 3.8) is 0 Å². The van der Waals surface area contributed by atoms with Crippen LogP contribution in [-0.4, -0.2) is 24.5 Å². The minimum absolute atomic E-state index is 0.134. The van der Waals surface area contributed by atoms with Gasteiger partial charge in [0.2, 0.25) is 0 Å². The molecule has 2 aromatic carbocycles. The lowest BCUT2D eigenvalue weighted by molar-refractivity contribution is 0.0951. The summed E-state index contributed by atoms with van der Waals surface area (Å²) in [5.74, 6) is 0.149. The predicted octanol–water partition coefficient (Wildman–Crippen LogP) is 3.89. The first-order chi connectivity index (χ1) is 12.7. The first-order valence-electron chi connectivity index (χ1n) is 9.16. The second kappa shape index (κ2) is 8.52. The van der Waals surface area contributed by atoms with Gasteiger partial charge < -0.3 is 16.0 Å². The van der Waals surface area contributed by atoms with E-state index in [-0.39, 0.29) is 17.9 Å². The van der Waals surface area contributed by atoms with E-state index in [4.69, 9.17) is 0 Å². The van der Waals surface area contributed by atoms with Gasteiger partial charge in [-0.3, -0.25) is 4.79 Å². The minimum Gasteiger partial charge on any atom is -0.351 e. The monoisotopic (exact) mass is 351 g/mol. The molecule has 1 saturated carbocycles. The topological polar surface area (TPSA) is 70.2 Å². The summed E-state index contributed by atoms with van der Waals surface area (Å²) in [6.45, 7) is 2.70. The average molecular weight is 351 g/mol. The SMILES string of the molecule is CCC(CNC(=O)c1cccc(NC(=O)NC2CC2)c1)c1ccccc1. The van der Waals surface area contributed by atoms with Crippen LogP contribution in [-0.2, 0) is 0 Å². The van der Waals surface area contributed by atoms with Crippen molar-refractivity contribution >= 4 is 17.6 Å². The third-order valence-corrected chi connectivity index (χ3v) is 4.57. The van der Waals surface area contributed by atoms with E-state index in [0.29, 0.717) is 23.8 Å². The van der Waals surface area contributed by atoms with Crippen molar-refractivity contribution in [3.05, 3.63) is 65.7 Å². The van der Waals surface area contributed by atoms with Gasteiger partial charge in [0.1, 0.15) is 0 Å². The van der Waals surface area contributed by atoms with Crippen LogP contribution in [0.4, 0.5) is 10.5 Å². The van der Waals surface area contributed by atoms with E-state index in [1.807, 2.05) is 18.2 Å². The van der Waals surface area contributed by atoms with Crippen molar-refractivity contribution in [2.75, 3.05) is 11.9 Å². The summed E-state index contributed by atoms with van der Waals surface area (Å²) in [4.78, 5) is 24.3. The lowest BCUT2D eigenvalue weighted by atomic mass is 9.96. The van der Waals surface area contributed by atoms with Gasteiger partial charge in [-0.25, -0.2) is 4.79 Å². The summed E-state index contributed by atoms with van der Waals surface area (Å²) >= 11 is 0. The number of nitrogens with one attached hydrogen (secondary N) is 3. The summed E-state index contributed by atoms with van der Waals surface area (Å²) in [5, 5.41) is 8.65. The van der Waals surface area contributed by atoms with E-state index in [9.17, 15) is 9.59 Å². The Hall–Kier alpha value is -2.82. The van der Waals surface area contributed by atoms with Crippen LogP contribution in [0.2, 0.25) is 0 Å². The maximum Gasteiger partial charge on any atom is 0.319 e. The maximum absolute atomic E-state index is 12.5. The fourth-order valence-corrected chi connectivity index (χ4v) is 2.86. The maximum atomic E-state index is 12.5. The Morgan fingerprint density at radius 3 is 2.54 bits per heavy atom. The molecule has 5 nitrogen and oxygen atoms in total. The molecule has 1 unspecified atom stereocenters. The molecule has 3 amide bonds. The largest absolute Gasteiger partial charge is 0.351 e. The number of rotatable bonds is 7. The molecule has 1 aliphatic rings. The standard InChI is InChI=1S/C21H25N3O2/c1-2-15(16-7-4-3-5-8-16)14-22-20(25)17-9-6-10-19(13-17)24-21(26)23-18-11-12-18/h3-10,13,15,18H,2,11-12,14H2,1H3,(H,22,25)(H2,23,24,26). The van der Waals surface area contributed by atoms with Crippen LogP contribution in [0.5, 0.6) is 0 Å². The first kappa shape index (κ1) is 18.0. The first-order valence-corrected chi connectivity index (χ1v) is 9.16. The molecule has 1 atom stereocenters. The van der Waals surface area contributed by atoms with Gasteiger partial charge in [-0.05, 0) is 43.0 Å². The Balaban J connectivity index is 1.56. The van der Waals surface area contributed by atoms with Crippen molar-refractivity contribution in [3.8, 4) is 0 Å². The Bertz CT molecular complexity index is 757. The Kier molecular flexibility index (Phi) is 5.89. The molecule has 26 heavy (non-hydrogen) atoms. The molecule has 0 aliphatic heterocycles. The van der Waals surface area contributed by atoms with Gasteiger partial charge in [-0.2, -0.15) is 0 Å². The molecule has 0 saturated heterocycles. The van der Waals surface area contributed by atoms with E-state index < -0.39 is 0 Å². The molecule has 0 aromatic heterocycles. The van der Waals surface area contributed by atoms with Crippen LogP contribution in [0.1, 0.15) is 48.0 Å². The molecule has 5 heteroatoms. The van der Waals surface area contributed by atoms with Crippen molar-refractivity contribution in [2.24, 2.45) is 0 Å². The van der Waals surface area contributed by atoms with Crippen LogP contribution in [0.15, 0.2) is 54.6 Å². The smallest absolute Gasteiger partial charge is 0.319 e. The molecule has 0 radical (unpaired) electrons. The molecule has 3 rings (SSSR count). The number of anilines is 1. The van der Waals surface area contributed by atoms with E-state index in [1.165, 1.54) is 5.56 Å². The summed E-state index contributed by atoms with van der Waals surface area (Å²) in [5.41, 5.74) is 2.38. The Morgan fingerprint density at radius 1 is 1.08 bits per heavy atom. The van der Waals surface area contributed by atoms with Gasteiger partial charge >= 0.3 is 6.03 Å². The van der Waals surface area contributed by atoms with Crippen LogP contribution < -0.4 is 16.0 Å². The minimum atomic E-state index is -0.222. The molecule has 0 bridgehead atoms. The molecule has 3 N–H and O–H groups in total. The molecule has 2 aromatic rings. The normalized spacial score (nSPS) is 14.3. The summed E-state index contributed by atoms with van der Waals surface area (Å²) in [6, 6.07) is 17.3. The van der Waals surface area contributed by atoms with Crippen LogP contribution >= 0.6 is 0 Å². The lowest BCUT2D eigenvalue weighted by Gasteiger charge is -2.16. The zero-order valence-corrected chi connectivity index (χ0v) is 15.0. The zero-order valence-electron chi connectivity index (χ0n) is 15.0. The highest BCUT2D eigenvalue weighted by molar-refractivity contribution is 5.97. The van der Waals surface area contributed by atoms with Crippen LogP contribution in [0, 0.1) is 0 Å². The van der Waals surface area contributed by atoms with Crippen molar-refractivity contribution < 1.29 is 9.59 Å². The van der Waals surface area contributed by atoms with Crippen LogP contribution in [0.3, 0.4) is 0 Å². The molecule has 1 fully saturated rings. The van der Waals surface area contributed by atoms with E-state index in [0.717, 1.165) is 19.3 Å². The number of urea groups is 1. The van der Waals surface area contributed by atoms with Gasteiger partial charge in [-0.15, -0.1) is 0 Å². The van der Waals surface area contributed by atoms with Crippen molar-refractivity contribution in [1.29, 1.82) is 0 Å². The number of hydrogen-bond acceptors (Lipinski definition) is 2. The number of amides is 3. The number of hydrogen-bond donors (Lipinski definition) is 3. The third kappa shape index (κ3) is 5.09. The molecule has 0 spiro atoms. The third-order valence-electron chi connectivity index (χ3n) is 4.57. The van der Waals surface area contributed by atoms with Gasteiger partial charge in [0.15, 0.2) is 0 Å². The van der Waals surface area contributed by atoms with E-state index >= 15 is 0 Å². The fourth-order valence-electron chi connectivity index (χ4n) is 2.86. The number of carbonyl (C=O) groups is 2. The molecule has 1 aliphatic carbocycles. The molecular weight excluding hydrogens is 326 g/mol. The van der Waals surface area contributed by atoms with Gasteiger partial charge in [-0.1, -0.05) is 43.3 Å². The Labute approximate surface area is 154 Å².